The zero-order valence-corrected chi connectivity index (χ0v) is 13.5. The van der Waals surface area contributed by atoms with Crippen molar-refractivity contribution in [3.8, 4) is 0 Å². The van der Waals surface area contributed by atoms with E-state index in [9.17, 15) is 4.79 Å². The molecule has 1 N–H and O–H groups in total. The largest absolute Gasteiger partial charge is 0.472 e. The van der Waals surface area contributed by atoms with E-state index in [1.54, 1.807) is 12.5 Å². The van der Waals surface area contributed by atoms with Gasteiger partial charge in [0.2, 0.25) is 0 Å². The number of rotatable bonds is 2. The van der Waals surface area contributed by atoms with Crippen LogP contribution in [0.3, 0.4) is 0 Å². The number of benzene rings is 2. The Morgan fingerprint density at radius 3 is 2.68 bits per heavy atom. The fourth-order valence-electron chi connectivity index (χ4n) is 4.11. The van der Waals surface area contributed by atoms with Crippen LogP contribution in [0.5, 0.6) is 0 Å². The van der Waals surface area contributed by atoms with Gasteiger partial charge in [-0.3, -0.25) is 4.79 Å². The van der Waals surface area contributed by atoms with Crippen LogP contribution >= 0.6 is 0 Å². The fraction of sp³-hybridized carbons (Fsp3) is 0.143. The number of nitrogens with zero attached hydrogens (tertiary/aromatic N) is 1. The second-order valence-corrected chi connectivity index (χ2v) is 6.53. The van der Waals surface area contributed by atoms with E-state index in [-0.39, 0.29) is 17.4 Å². The summed E-state index contributed by atoms with van der Waals surface area (Å²) in [6.07, 6.45) is 4.35. The molecule has 0 spiro atoms. The Morgan fingerprint density at radius 1 is 1.00 bits per heavy atom. The highest BCUT2D eigenvalue weighted by Gasteiger charge is 2.35. The summed E-state index contributed by atoms with van der Waals surface area (Å²) in [5.41, 5.74) is 4.32. The minimum atomic E-state index is -0.135. The standard InChI is InChI=1S/C21H16N2O2/c24-21-16-8-4-7-14-11-17(13-5-2-1-3-6-13)19(15-9-10-25-12-15)20(18(14)16)22-23-21/h1-10,12,17,19H,11H2,(H,23,24). The maximum Gasteiger partial charge on any atom is 0.272 e. The first-order valence-corrected chi connectivity index (χ1v) is 8.40. The molecule has 4 heteroatoms. The predicted octanol–water partition coefficient (Wildman–Crippen LogP) is 3.99. The molecule has 0 fully saturated rings. The molecule has 122 valence electrons. The number of nitrogens with one attached hydrogen (secondary N) is 1. The van der Waals surface area contributed by atoms with Crippen LogP contribution in [-0.4, -0.2) is 10.2 Å². The third-order valence-corrected chi connectivity index (χ3v) is 5.20. The van der Waals surface area contributed by atoms with Gasteiger partial charge < -0.3 is 4.42 Å². The van der Waals surface area contributed by atoms with E-state index < -0.39 is 0 Å². The molecule has 0 amide bonds. The Hall–Kier alpha value is -3.14. The summed E-state index contributed by atoms with van der Waals surface area (Å²) < 4.78 is 5.36. The number of hydrogen-bond donors (Lipinski definition) is 1. The van der Waals surface area contributed by atoms with E-state index in [1.165, 1.54) is 11.1 Å². The molecule has 0 aliphatic heterocycles. The van der Waals surface area contributed by atoms with E-state index in [0.717, 1.165) is 23.1 Å². The lowest BCUT2D eigenvalue weighted by Crippen LogP contribution is -2.24. The summed E-state index contributed by atoms with van der Waals surface area (Å²) in [5.74, 6) is 0.297. The molecule has 2 aromatic carbocycles. The molecular weight excluding hydrogens is 312 g/mol. The average molecular weight is 328 g/mol. The number of aromatic nitrogens is 2. The van der Waals surface area contributed by atoms with Gasteiger partial charge in [0.15, 0.2) is 0 Å². The van der Waals surface area contributed by atoms with E-state index in [1.807, 2.05) is 24.3 Å². The molecule has 2 unspecified atom stereocenters. The maximum absolute atomic E-state index is 12.2. The van der Waals surface area contributed by atoms with Crippen LogP contribution in [0.15, 0.2) is 76.3 Å². The zero-order valence-electron chi connectivity index (χ0n) is 13.5. The number of H-pyrrole nitrogens is 1. The third-order valence-electron chi connectivity index (χ3n) is 5.20. The summed E-state index contributed by atoms with van der Waals surface area (Å²) in [7, 11) is 0. The molecule has 1 aliphatic rings. The van der Waals surface area contributed by atoms with Crippen molar-refractivity contribution in [3.05, 3.63) is 99.9 Å². The van der Waals surface area contributed by atoms with Crippen molar-refractivity contribution in [1.82, 2.24) is 10.2 Å². The van der Waals surface area contributed by atoms with Crippen LogP contribution in [0.4, 0.5) is 0 Å². The van der Waals surface area contributed by atoms with Gasteiger partial charge >= 0.3 is 0 Å². The first-order chi connectivity index (χ1) is 12.3. The molecule has 4 aromatic rings. The number of furan rings is 1. The highest BCUT2D eigenvalue weighted by molar-refractivity contribution is 5.89. The normalized spacial score (nSPS) is 19.2. The summed E-state index contributed by atoms with van der Waals surface area (Å²) >= 11 is 0. The highest BCUT2D eigenvalue weighted by atomic mass is 16.3. The lowest BCUT2D eigenvalue weighted by molar-refractivity contribution is 0.539. The minimum absolute atomic E-state index is 0.0513. The topological polar surface area (TPSA) is 58.9 Å². The van der Waals surface area contributed by atoms with Crippen molar-refractivity contribution >= 4 is 10.8 Å². The summed E-state index contributed by atoms with van der Waals surface area (Å²) in [6.45, 7) is 0. The van der Waals surface area contributed by atoms with Crippen LogP contribution < -0.4 is 5.56 Å². The first-order valence-electron chi connectivity index (χ1n) is 8.40. The molecule has 1 aliphatic carbocycles. The second-order valence-electron chi connectivity index (χ2n) is 6.53. The van der Waals surface area contributed by atoms with Crippen molar-refractivity contribution in [2.45, 2.75) is 18.3 Å². The van der Waals surface area contributed by atoms with E-state index in [4.69, 9.17) is 4.42 Å². The number of hydrogen-bond acceptors (Lipinski definition) is 3. The molecule has 2 heterocycles. The summed E-state index contributed by atoms with van der Waals surface area (Å²) in [4.78, 5) is 12.2. The van der Waals surface area contributed by atoms with Crippen molar-refractivity contribution in [3.63, 3.8) is 0 Å². The quantitative estimate of drug-likeness (QED) is 0.605. The van der Waals surface area contributed by atoms with Crippen LogP contribution in [0, 0.1) is 0 Å². The minimum Gasteiger partial charge on any atom is -0.472 e. The Kier molecular flexibility index (Phi) is 3.10. The van der Waals surface area contributed by atoms with E-state index in [0.29, 0.717) is 5.39 Å². The monoisotopic (exact) mass is 328 g/mol. The van der Waals surface area contributed by atoms with Crippen molar-refractivity contribution in [1.29, 1.82) is 0 Å². The number of aromatic amines is 1. The predicted molar refractivity (Wildman–Crippen MR) is 95.8 cm³/mol. The lowest BCUT2D eigenvalue weighted by Gasteiger charge is -2.32. The SMILES string of the molecule is O=c1[nH]nc2c3c(cccc13)CC(c1ccccc1)C2c1ccoc1. The summed E-state index contributed by atoms with van der Waals surface area (Å²) in [5, 5.41) is 8.85. The zero-order chi connectivity index (χ0) is 16.8. The third kappa shape index (κ3) is 2.14. The molecule has 5 rings (SSSR count). The van der Waals surface area contributed by atoms with E-state index >= 15 is 0 Å². The van der Waals surface area contributed by atoms with Gasteiger partial charge in [0.25, 0.3) is 5.56 Å². The molecule has 4 nitrogen and oxygen atoms in total. The molecule has 0 saturated heterocycles. The van der Waals surface area contributed by atoms with E-state index in [2.05, 4.69) is 40.5 Å². The van der Waals surface area contributed by atoms with Gasteiger partial charge in [-0.2, -0.15) is 5.10 Å². The summed E-state index contributed by atoms with van der Waals surface area (Å²) in [6, 6.07) is 18.4. The van der Waals surface area contributed by atoms with Gasteiger partial charge in [-0.1, -0.05) is 42.5 Å². The Labute approximate surface area is 144 Å². The molecule has 25 heavy (non-hydrogen) atoms. The van der Waals surface area contributed by atoms with Crippen molar-refractivity contribution in [2.24, 2.45) is 0 Å². The first kappa shape index (κ1) is 14.2. The smallest absolute Gasteiger partial charge is 0.272 e. The van der Waals surface area contributed by atoms with Gasteiger partial charge in [0.05, 0.1) is 23.6 Å². The molecule has 2 atom stereocenters. The molecular formula is C21H16N2O2. The van der Waals surface area contributed by atoms with Gasteiger partial charge in [-0.25, -0.2) is 5.10 Å². The van der Waals surface area contributed by atoms with Crippen LogP contribution in [0.1, 0.15) is 34.2 Å². The Bertz CT molecular complexity index is 1100. The van der Waals surface area contributed by atoms with Crippen molar-refractivity contribution < 1.29 is 4.42 Å². The van der Waals surface area contributed by atoms with Crippen LogP contribution in [0.25, 0.3) is 10.8 Å². The van der Waals surface area contributed by atoms with Gasteiger partial charge in [0.1, 0.15) is 0 Å². The molecule has 0 bridgehead atoms. The highest BCUT2D eigenvalue weighted by Crippen LogP contribution is 2.46. The Morgan fingerprint density at radius 2 is 1.88 bits per heavy atom. The van der Waals surface area contributed by atoms with Crippen LogP contribution in [0.2, 0.25) is 0 Å². The van der Waals surface area contributed by atoms with Gasteiger partial charge in [-0.15, -0.1) is 0 Å². The van der Waals surface area contributed by atoms with Crippen LogP contribution in [-0.2, 0) is 6.42 Å². The van der Waals surface area contributed by atoms with Gasteiger partial charge in [0, 0.05) is 22.8 Å². The molecule has 0 saturated carbocycles. The molecule has 0 radical (unpaired) electrons. The van der Waals surface area contributed by atoms with Gasteiger partial charge in [-0.05, 0) is 29.7 Å². The Balaban J connectivity index is 1.82. The van der Waals surface area contributed by atoms with Crippen molar-refractivity contribution in [2.75, 3.05) is 0 Å². The average Bonchev–Trinajstić information content (AvgIpc) is 3.19. The molecule has 2 aromatic heterocycles. The maximum atomic E-state index is 12.2. The fourth-order valence-corrected chi connectivity index (χ4v) is 4.11. The lowest BCUT2D eigenvalue weighted by atomic mass is 9.71. The second kappa shape index (κ2) is 5.45.